The van der Waals surface area contributed by atoms with Crippen molar-refractivity contribution in [3.05, 3.63) is 77.5 Å². The lowest BCUT2D eigenvalue weighted by Crippen LogP contribution is -2.30. The second-order valence-corrected chi connectivity index (χ2v) is 6.96. The quantitative estimate of drug-likeness (QED) is 0.569. The molecule has 0 spiro atoms. The van der Waals surface area contributed by atoms with E-state index in [1.807, 2.05) is 12.1 Å². The van der Waals surface area contributed by atoms with E-state index < -0.39 is 0 Å². The van der Waals surface area contributed by atoms with Crippen molar-refractivity contribution >= 4 is 0 Å². The lowest BCUT2D eigenvalue weighted by molar-refractivity contribution is -0.660. The highest BCUT2D eigenvalue weighted by molar-refractivity contribution is 5.92. The van der Waals surface area contributed by atoms with Gasteiger partial charge in [0.2, 0.25) is 5.69 Å². The first-order chi connectivity index (χ1) is 11.4. The second kappa shape index (κ2) is 4.79. The van der Waals surface area contributed by atoms with E-state index in [1.54, 1.807) is 0 Å². The van der Waals surface area contributed by atoms with Gasteiger partial charge in [-0.1, -0.05) is 50.2 Å². The number of hydrogen-bond acceptors (Lipinski definition) is 0. The molecule has 114 valence electrons. The van der Waals surface area contributed by atoms with Crippen molar-refractivity contribution in [2.24, 2.45) is 7.05 Å². The fourth-order valence-corrected chi connectivity index (χ4v) is 3.92. The largest absolute Gasteiger partial charge is 0.213 e. The van der Waals surface area contributed by atoms with Crippen molar-refractivity contribution in [1.29, 1.82) is 0 Å². The van der Waals surface area contributed by atoms with Gasteiger partial charge in [0, 0.05) is 23.1 Å². The molecule has 1 heteroatoms. The Labute approximate surface area is 139 Å². The van der Waals surface area contributed by atoms with Crippen LogP contribution in [0.15, 0.2) is 60.8 Å². The number of benzene rings is 2. The molecule has 0 atom stereocenters. The molecular weight excluding hydrogens is 278 g/mol. The summed E-state index contributed by atoms with van der Waals surface area (Å²) in [7, 11) is 2.09. The van der Waals surface area contributed by atoms with Crippen LogP contribution in [0.5, 0.6) is 0 Å². The van der Waals surface area contributed by atoms with Crippen LogP contribution in [0.25, 0.3) is 22.4 Å². The summed E-state index contributed by atoms with van der Waals surface area (Å²) in [5, 5.41) is 0. The Hall–Kier alpha value is -2.41. The summed E-state index contributed by atoms with van der Waals surface area (Å²) < 4.78 is 10.6. The molecule has 1 aromatic heterocycles. The summed E-state index contributed by atoms with van der Waals surface area (Å²) >= 11 is 0. The van der Waals surface area contributed by atoms with Crippen LogP contribution >= 0.6 is 0 Å². The van der Waals surface area contributed by atoms with Crippen LogP contribution in [0.4, 0.5) is 0 Å². The maximum Gasteiger partial charge on any atom is 0.213 e. The molecule has 4 rings (SSSR count). The van der Waals surface area contributed by atoms with Gasteiger partial charge in [-0.25, -0.2) is 4.57 Å². The third kappa shape index (κ3) is 1.89. The lowest BCUT2D eigenvalue weighted by Gasteiger charge is -2.21. The first-order valence-corrected chi connectivity index (χ1v) is 8.12. The number of pyridine rings is 1. The molecule has 0 saturated carbocycles. The van der Waals surface area contributed by atoms with E-state index in [2.05, 4.69) is 75.0 Å². The molecule has 2 aromatic carbocycles. The normalized spacial score (nSPS) is 15.0. The third-order valence-electron chi connectivity index (χ3n) is 5.15. The molecule has 0 bridgehead atoms. The number of aromatic nitrogens is 1. The molecule has 1 heterocycles. The van der Waals surface area contributed by atoms with Gasteiger partial charge in [0.05, 0.1) is 6.93 Å². The molecule has 0 fully saturated rings. The minimum atomic E-state index is -0.140. The molecule has 23 heavy (non-hydrogen) atoms. The second-order valence-electron chi connectivity index (χ2n) is 6.96. The highest BCUT2D eigenvalue weighted by Gasteiger charge is 2.38. The molecule has 0 radical (unpaired) electrons. The van der Waals surface area contributed by atoms with Crippen LogP contribution in [-0.4, -0.2) is 0 Å². The Morgan fingerprint density at radius 1 is 0.913 bits per heavy atom. The van der Waals surface area contributed by atoms with Crippen molar-refractivity contribution in [2.75, 3.05) is 0 Å². The number of nitrogens with zero attached hydrogens (tertiary/aromatic N) is 1. The van der Waals surface area contributed by atoms with E-state index in [4.69, 9.17) is 1.37 Å². The van der Waals surface area contributed by atoms with Crippen molar-refractivity contribution in [2.45, 2.75) is 26.2 Å². The van der Waals surface area contributed by atoms with Crippen LogP contribution < -0.4 is 4.57 Å². The van der Waals surface area contributed by atoms with Crippen LogP contribution in [0.1, 0.15) is 31.9 Å². The van der Waals surface area contributed by atoms with Gasteiger partial charge in [0.1, 0.15) is 7.05 Å². The monoisotopic (exact) mass is 301 g/mol. The molecule has 0 saturated heterocycles. The van der Waals surface area contributed by atoms with Crippen LogP contribution in [0, 0.1) is 6.92 Å². The van der Waals surface area contributed by atoms with Crippen molar-refractivity contribution in [1.82, 2.24) is 0 Å². The van der Waals surface area contributed by atoms with Gasteiger partial charge < -0.3 is 0 Å². The number of fused-ring (bicyclic) bond motifs is 3. The topological polar surface area (TPSA) is 3.88 Å². The zero-order valence-corrected chi connectivity index (χ0v) is 14.1. The first-order valence-electron chi connectivity index (χ1n) is 8.62. The maximum atomic E-state index is 8.45. The van der Waals surface area contributed by atoms with Gasteiger partial charge in [-0.15, -0.1) is 0 Å². The molecule has 0 unspecified atom stereocenters. The van der Waals surface area contributed by atoms with E-state index in [-0.39, 0.29) is 5.41 Å². The summed E-state index contributed by atoms with van der Waals surface area (Å²) in [5.74, 6) is 0. The Morgan fingerprint density at radius 2 is 1.70 bits per heavy atom. The highest BCUT2D eigenvalue weighted by Crippen LogP contribution is 2.52. The SMILES string of the molecule is [2H]c1cccc2c1C(C)(C)c1ccc(C)c(-c3cccc[n+]3C)c1-2. The molecule has 1 aliphatic carbocycles. The molecule has 1 aliphatic rings. The number of hydrogen-bond donors (Lipinski definition) is 0. The van der Waals surface area contributed by atoms with Gasteiger partial charge in [-0.05, 0) is 35.2 Å². The van der Waals surface area contributed by atoms with E-state index in [9.17, 15) is 0 Å². The van der Waals surface area contributed by atoms with Crippen LogP contribution in [0.2, 0.25) is 0 Å². The predicted molar refractivity (Wildman–Crippen MR) is 95.4 cm³/mol. The van der Waals surface area contributed by atoms with Crippen molar-refractivity contribution in [3.63, 3.8) is 0 Å². The minimum Gasteiger partial charge on any atom is -0.201 e. The molecule has 0 N–H and O–H groups in total. The van der Waals surface area contributed by atoms with E-state index in [1.165, 1.54) is 33.5 Å². The average Bonchev–Trinajstić information content (AvgIpc) is 2.77. The Balaban J connectivity index is 2.16. The van der Waals surface area contributed by atoms with E-state index in [0.29, 0.717) is 6.04 Å². The van der Waals surface area contributed by atoms with Crippen molar-refractivity contribution < 1.29 is 5.94 Å². The number of aryl methyl sites for hydroxylation is 2. The molecule has 3 aromatic rings. The zero-order chi connectivity index (χ0) is 17.1. The summed E-state index contributed by atoms with van der Waals surface area (Å²) in [5.41, 5.74) is 8.61. The van der Waals surface area contributed by atoms with Gasteiger partial charge in [-0.3, -0.25) is 0 Å². The van der Waals surface area contributed by atoms with Gasteiger partial charge >= 0.3 is 0 Å². The third-order valence-corrected chi connectivity index (χ3v) is 5.15. The summed E-state index contributed by atoms with van der Waals surface area (Å²) in [6.45, 7) is 6.65. The van der Waals surface area contributed by atoms with Gasteiger partial charge in [-0.2, -0.15) is 0 Å². The zero-order valence-electron chi connectivity index (χ0n) is 15.1. The fraction of sp³-hybridized carbons (Fsp3) is 0.227. The van der Waals surface area contributed by atoms with Crippen LogP contribution in [0.3, 0.4) is 0 Å². The smallest absolute Gasteiger partial charge is 0.201 e. The fourth-order valence-electron chi connectivity index (χ4n) is 3.92. The summed E-state index contributed by atoms with van der Waals surface area (Å²) in [6, 6.07) is 17.5. The molecule has 1 nitrogen and oxygen atoms in total. The highest BCUT2D eigenvalue weighted by atomic mass is 14.9. The van der Waals surface area contributed by atoms with Crippen molar-refractivity contribution in [3.8, 4) is 22.4 Å². The first kappa shape index (κ1) is 13.1. The molecule has 0 aliphatic heterocycles. The predicted octanol–water partition coefficient (Wildman–Crippen LogP) is 4.79. The Bertz CT molecular complexity index is 970. The number of rotatable bonds is 1. The lowest BCUT2D eigenvalue weighted by atomic mass is 9.81. The molecular formula is C22H22N+. The minimum absolute atomic E-state index is 0.140. The summed E-state index contributed by atoms with van der Waals surface area (Å²) in [6.07, 6.45) is 2.09. The average molecular weight is 301 g/mol. The van der Waals surface area contributed by atoms with Gasteiger partial charge in [0.25, 0.3) is 0 Å². The molecule has 0 amide bonds. The Kier molecular flexibility index (Phi) is 2.72. The standard InChI is InChI=1S/C22H22N/c1-15-12-13-18-21(20(15)19-11-7-8-14-23(19)4)16-9-5-6-10-17(16)22(18,2)3/h5-14H,1-4H3/q+1/i10D. The van der Waals surface area contributed by atoms with E-state index >= 15 is 0 Å². The summed E-state index contributed by atoms with van der Waals surface area (Å²) in [4.78, 5) is 0. The maximum absolute atomic E-state index is 8.45. The van der Waals surface area contributed by atoms with Crippen LogP contribution in [-0.2, 0) is 12.5 Å². The Morgan fingerprint density at radius 3 is 2.48 bits per heavy atom. The van der Waals surface area contributed by atoms with E-state index in [0.717, 1.165) is 5.56 Å². The van der Waals surface area contributed by atoms with Gasteiger partial charge in [0.15, 0.2) is 6.20 Å².